The third kappa shape index (κ3) is 4.45. The molecule has 0 bridgehead atoms. The molecule has 1 aromatic carbocycles. The van der Waals surface area contributed by atoms with Gasteiger partial charge in [-0.3, -0.25) is 9.78 Å². The first-order valence-corrected chi connectivity index (χ1v) is 8.56. The summed E-state index contributed by atoms with van der Waals surface area (Å²) in [4.78, 5) is 18.0. The molecule has 1 aromatic heterocycles. The van der Waals surface area contributed by atoms with Gasteiger partial charge in [0.1, 0.15) is 5.75 Å². The lowest BCUT2D eigenvalue weighted by molar-refractivity contribution is -0.122. The Morgan fingerprint density at radius 3 is 2.79 bits per heavy atom. The first kappa shape index (κ1) is 16.7. The quantitative estimate of drug-likeness (QED) is 0.917. The zero-order valence-corrected chi connectivity index (χ0v) is 14.4. The van der Waals surface area contributed by atoms with Crippen molar-refractivity contribution in [3.05, 3.63) is 36.5 Å². The number of benzene rings is 1. The van der Waals surface area contributed by atoms with Crippen LogP contribution in [-0.4, -0.2) is 48.6 Å². The molecular formula is C19H25N3O2. The maximum atomic E-state index is 11.8. The molecule has 0 saturated heterocycles. The number of nitrogens with one attached hydrogen (secondary N) is 1. The highest BCUT2D eigenvalue weighted by Crippen LogP contribution is 2.26. The first-order chi connectivity index (χ1) is 11.6. The fraction of sp³-hybridized carbons (Fsp3) is 0.474. The summed E-state index contributed by atoms with van der Waals surface area (Å²) in [5, 5.41) is 4.21. The lowest BCUT2D eigenvalue weighted by Gasteiger charge is -2.30. The molecule has 5 nitrogen and oxygen atoms in total. The van der Waals surface area contributed by atoms with Crippen molar-refractivity contribution in [3.8, 4) is 5.75 Å². The van der Waals surface area contributed by atoms with Crippen molar-refractivity contribution in [2.45, 2.75) is 37.8 Å². The van der Waals surface area contributed by atoms with Gasteiger partial charge in [-0.1, -0.05) is 6.07 Å². The molecule has 0 spiro atoms. The lowest BCUT2D eigenvalue weighted by Crippen LogP contribution is -2.43. The topological polar surface area (TPSA) is 54.5 Å². The Balaban J connectivity index is 1.50. The Morgan fingerprint density at radius 1 is 1.25 bits per heavy atom. The van der Waals surface area contributed by atoms with Crippen molar-refractivity contribution in [1.82, 2.24) is 15.2 Å². The minimum Gasteiger partial charge on any atom is -0.490 e. The highest BCUT2D eigenvalue weighted by atomic mass is 16.5. The van der Waals surface area contributed by atoms with Gasteiger partial charge >= 0.3 is 0 Å². The summed E-state index contributed by atoms with van der Waals surface area (Å²) in [6.07, 6.45) is 5.91. The summed E-state index contributed by atoms with van der Waals surface area (Å²) in [5.41, 5.74) is 0.983. The fourth-order valence-electron chi connectivity index (χ4n) is 3.21. The molecule has 0 atom stereocenters. The van der Waals surface area contributed by atoms with Gasteiger partial charge in [-0.15, -0.1) is 0 Å². The molecule has 1 N–H and O–H groups in total. The summed E-state index contributed by atoms with van der Waals surface area (Å²) in [6, 6.07) is 10.3. The molecule has 5 heteroatoms. The number of carbonyl (C=O) groups is 1. The summed E-state index contributed by atoms with van der Waals surface area (Å²) < 4.78 is 6.13. The van der Waals surface area contributed by atoms with Gasteiger partial charge in [-0.25, -0.2) is 0 Å². The predicted octanol–water partition coefficient (Wildman–Crippen LogP) is 2.60. The molecule has 0 unspecified atom stereocenters. The number of hydrogen-bond donors (Lipinski definition) is 1. The van der Waals surface area contributed by atoms with Gasteiger partial charge in [0, 0.05) is 17.6 Å². The van der Waals surface area contributed by atoms with Crippen LogP contribution in [0.25, 0.3) is 10.9 Å². The van der Waals surface area contributed by atoms with Crippen LogP contribution in [0.5, 0.6) is 5.75 Å². The number of amides is 1. The smallest absolute Gasteiger partial charge is 0.234 e. The lowest BCUT2D eigenvalue weighted by atomic mass is 9.93. The highest BCUT2D eigenvalue weighted by molar-refractivity contribution is 5.79. The molecule has 0 aliphatic heterocycles. The second-order valence-corrected chi connectivity index (χ2v) is 6.75. The highest BCUT2D eigenvalue weighted by Gasteiger charge is 2.23. The molecule has 2 aromatic rings. The number of ether oxygens (including phenoxy) is 1. The van der Waals surface area contributed by atoms with Crippen molar-refractivity contribution in [3.63, 3.8) is 0 Å². The van der Waals surface area contributed by atoms with Crippen molar-refractivity contribution < 1.29 is 9.53 Å². The summed E-state index contributed by atoms with van der Waals surface area (Å²) in [6.45, 7) is 0.446. The van der Waals surface area contributed by atoms with E-state index in [1.165, 1.54) is 0 Å². The van der Waals surface area contributed by atoms with E-state index in [0.717, 1.165) is 42.3 Å². The van der Waals surface area contributed by atoms with Crippen molar-refractivity contribution in [1.29, 1.82) is 0 Å². The van der Waals surface area contributed by atoms with Crippen LogP contribution in [0.4, 0.5) is 0 Å². The minimum atomic E-state index is 0.103. The zero-order chi connectivity index (χ0) is 16.9. The van der Waals surface area contributed by atoms with Crippen LogP contribution in [-0.2, 0) is 4.79 Å². The van der Waals surface area contributed by atoms with Crippen molar-refractivity contribution in [2.75, 3.05) is 20.6 Å². The van der Waals surface area contributed by atoms with Crippen LogP contribution < -0.4 is 10.1 Å². The van der Waals surface area contributed by atoms with E-state index in [2.05, 4.69) is 10.3 Å². The van der Waals surface area contributed by atoms with Gasteiger partial charge in [0.15, 0.2) is 0 Å². The van der Waals surface area contributed by atoms with Crippen LogP contribution in [0.1, 0.15) is 25.7 Å². The second-order valence-electron chi connectivity index (χ2n) is 6.75. The van der Waals surface area contributed by atoms with E-state index in [-0.39, 0.29) is 18.1 Å². The van der Waals surface area contributed by atoms with Crippen LogP contribution in [0.2, 0.25) is 0 Å². The third-order valence-electron chi connectivity index (χ3n) is 4.38. The number of carbonyl (C=O) groups excluding carboxylic acids is 1. The van der Waals surface area contributed by atoms with E-state index < -0.39 is 0 Å². The molecule has 24 heavy (non-hydrogen) atoms. The van der Waals surface area contributed by atoms with Gasteiger partial charge in [-0.05, 0) is 64.0 Å². The number of hydrogen-bond acceptors (Lipinski definition) is 4. The van der Waals surface area contributed by atoms with E-state index in [1.54, 1.807) is 6.20 Å². The summed E-state index contributed by atoms with van der Waals surface area (Å²) >= 11 is 0. The van der Waals surface area contributed by atoms with E-state index >= 15 is 0 Å². The van der Waals surface area contributed by atoms with Gasteiger partial charge in [-0.2, -0.15) is 0 Å². The number of rotatable bonds is 5. The monoisotopic (exact) mass is 327 g/mol. The Labute approximate surface area is 143 Å². The van der Waals surface area contributed by atoms with E-state index in [1.807, 2.05) is 49.3 Å². The molecule has 1 heterocycles. The fourth-order valence-corrected chi connectivity index (χ4v) is 3.21. The Kier molecular flexibility index (Phi) is 5.30. The van der Waals surface area contributed by atoms with Crippen LogP contribution in [0.15, 0.2) is 36.5 Å². The largest absolute Gasteiger partial charge is 0.490 e. The predicted molar refractivity (Wildman–Crippen MR) is 95.1 cm³/mol. The van der Waals surface area contributed by atoms with Crippen LogP contribution in [0, 0.1) is 0 Å². The molecule has 1 aliphatic carbocycles. The van der Waals surface area contributed by atoms with E-state index in [4.69, 9.17) is 4.74 Å². The van der Waals surface area contributed by atoms with Crippen molar-refractivity contribution in [2.24, 2.45) is 0 Å². The maximum absolute atomic E-state index is 11.8. The third-order valence-corrected chi connectivity index (χ3v) is 4.38. The molecule has 1 saturated carbocycles. The summed E-state index contributed by atoms with van der Waals surface area (Å²) in [5.74, 6) is 1.00. The first-order valence-electron chi connectivity index (χ1n) is 8.56. The molecule has 1 amide bonds. The van der Waals surface area contributed by atoms with Gasteiger partial charge < -0.3 is 15.0 Å². The van der Waals surface area contributed by atoms with Crippen LogP contribution >= 0.6 is 0 Å². The van der Waals surface area contributed by atoms with E-state index in [0.29, 0.717) is 6.54 Å². The minimum absolute atomic E-state index is 0.103. The van der Waals surface area contributed by atoms with Gasteiger partial charge in [0.2, 0.25) is 5.91 Å². The second kappa shape index (κ2) is 7.62. The number of aromatic nitrogens is 1. The average molecular weight is 327 g/mol. The number of nitrogens with zero attached hydrogens (tertiary/aromatic N) is 2. The van der Waals surface area contributed by atoms with Crippen LogP contribution in [0.3, 0.4) is 0 Å². The van der Waals surface area contributed by atoms with Crippen molar-refractivity contribution >= 4 is 16.8 Å². The Hall–Kier alpha value is -2.14. The molecule has 1 fully saturated rings. The van der Waals surface area contributed by atoms with Gasteiger partial charge in [0.05, 0.1) is 18.2 Å². The SMILES string of the molecule is CN(C)CC(=O)NC1CCC(Oc2ccc3ncccc3c2)CC1. The molecular weight excluding hydrogens is 302 g/mol. The average Bonchev–Trinajstić information content (AvgIpc) is 2.56. The van der Waals surface area contributed by atoms with Gasteiger partial charge in [0.25, 0.3) is 0 Å². The standard InChI is InChI=1S/C19H25N3O2/c1-22(2)13-19(23)21-15-5-7-16(8-6-15)24-17-9-10-18-14(12-17)4-3-11-20-18/h3-4,9-12,15-16H,5-8,13H2,1-2H3,(H,21,23). The molecule has 1 aliphatic rings. The molecule has 0 radical (unpaired) electrons. The molecule has 128 valence electrons. The summed E-state index contributed by atoms with van der Waals surface area (Å²) in [7, 11) is 3.81. The zero-order valence-electron chi connectivity index (χ0n) is 14.4. The number of fused-ring (bicyclic) bond motifs is 1. The Morgan fingerprint density at radius 2 is 2.04 bits per heavy atom. The maximum Gasteiger partial charge on any atom is 0.234 e. The Bertz CT molecular complexity index is 694. The van der Waals surface area contributed by atoms with E-state index in [9.17, 15) is 4.79 Å². The molecule has 3 rings (SSSR count). The number of likely N-dealkylation sites (N-methyl/N-ethyl adjacent to an activating group) is 1. The number of pyridine rings is 1. The normalized spacial score (nSPS) is 21.0.